The van der Waals surface area contributed by atoms with Crippen LogP contribution >= 0.6 is 0 Å². The summed E-state index contributed by atoms with van der Waals surface area (Å²) in [4.78, 5) is 0. The minimum atomic E-state index is -0.535. The molecular formula is C10H23EuO2. The molecule has 2 unspecified atom stereocenters. The van der Waals surface area contributed by atoms with Crippen LogP contribution in [0.5, 0.6) is 0 Å². The third-order valence-electron chi connectivity index (χ3n) is 1.35. The summed E-state index contributed by atoms with van der Waals surface area (Å²) in [6.07, 6.45) is 0.460. The van der Waals surface area contributed by atoms with Crippen molar-refractivity contribution >= 4 is 0 Å². The maximum atomic E-state index is 9.34. The van der Waals surface area contributed by atoms with Gasteiger partial charge in [-0.2, -0.15) is 0 Å². The van der Waals surface area contributed by atoms with Crippen molar-refractivity contribution in [2.45, 2.75) is 39.9 Å². The molecule has 3 heteroatoms. The molecule has 0 spiro atoms. The van der Waals surface area contributed by atoms with Crippen molar-refractivity contribution in [1.29, 1.82) is 0 Å². The van der Waals surface area contributed by atoms with Gasteiger partial charge in [0.1, 0.15) is 0 Å². The Morgan fingerprint density at radius 3 is 1.46 bits per heavy atom. The third-order valence-corrected chi connectivity index (χ3v) is 1.35. The molecule has 0 aliphatic carbocycles. The predicted molar refractivity (Wildman–Crippen MR) is 54.3 cm³/mol. The van der Waals surface area contributed by atoms with Crippen LogP contribution in [-0.2, 0) is 0 Å². The van der Waals surface area contributed by atoms with Crippen molar-refractivity contribution in [3.05, 3.63) is 21.3 Å². The standard InChI is InChI=1S/C8H17O2.2CH3.Eu/c1-6(9)5-7(10)8(2,3)4;;;/h5-7,9-10H,1-4H3;2*1H3;/q;2*-1;+2. The van der Waals surface area contributed by atoms with E-state index in [9.17, 15) is 5.11 Å². The molecule has 0 heterocycles. The van der Waals surface area contributed by atoms with Gasteiger partial charge in [-0.15, -0.1) is 0 Å². The van der Waals surface area contributed by atoms with Crippen LogP contribution in [0.15, 0.2) is 0 Å². The zero-order valence-electron chi connectivity index (χ0n) is 9.50. The largest absolute Gasteiger partial charge is 2.00 e. The molecule has 82 valence electrons. The van der Waals surface area contributed by atoms with Gasteiger partial charge in [0.15, 0.2) is 0 Å². The molecule has 0 rings (SSSR count). The van der Waals surface area contributed by atoms with Crippen LogP contribution in [0.4, 0.5) is 0 Å². The predicted octanol–water partition coefficient (Wildman–Crippen LogP) is 1.88. The molecule has 0 saturated carbocycles. The van der Waals surface area contributed by atoms with Crippen molar-refractivity contribution in [3.63, 3.8) is 0 Å². The van der Waals surface area contributed by atoms with Gasteiger partial charge >= 0.3 is 49.4 Å². The quantitative estimate of drug-likeness (QED) is 0.761. The summed E-state index contributed by atoms with van der Waals surface area (Å²) in [6.45, 7) is 7.42. The van der Waals surface area contributed by atoms with Gasteiger partial charge in [-0.3, -0.25) is 0 Å². The summed E-state index contributed by atoms with van der Waals surface area (Å²) in [7, 11) is 0. The molecule has 0 aliphatic heterocycles. The van der Waals surface area contributed by atoms with Gasteiger partial charge in [0.25, 0.3) is 0 Å². The summed E-state index contributed by atoms with van der Waals surface area (Å²) < 4.78 is 0. The Balaban J connectivity index is -0.000000135. The van der Waals surface area contributed by atoms with E-state index in [2.05, 4.69) is 0 Å². The van der Waals surface area contributed by atoms with Gasteiger partial charge in [-0.25, -0.2) is 0 Å². The van der Waals surface area contributed by atoms with Crippen molar-refractivity contribution < 1.29 is 59.6 Å². The van der Waals surface area contributed by atoms with Gasteiger partial charge in [0.05, 0.1) is 12.2 Å². The topological polar surface area (TPSA) is 40.5 Å². The van der Waals surface area contributed by atoms with E-state index in [4.69, 9.17) is 5.11 Å². The Hall–Kier alpha value is 1.50. The fourth-order valence-electron chi connectivity index (χ4n) is 0.552. The van der Waals surface area contributed by atoms with E-state index < -0.39 is 12.2 Å². The van der Waals surface area contributed by atoms with Crippen LogP contribution in [0.2, 0.25) is 0 Å². The minimum Gasteiger partial charge on any atom is -0.393 e. The molecule has 2 N–H and O–H groups in total. The molecule has 0 amide bonds. The van der Waals surface area contributed by atoms with Crippen LogP contribution in [-0.4, -0.2) is 22.4 Å². The van der Waals surface area contributed by atoms with E-state index in [0.717, 1.165) is 0 Å². The van der Waals surface area contributed by atoms with E-state index in [1.807, 2.05) is 20.8 Å². The Morgan fingerprint density at radius 1 is 1.08 bits per heavy atom. The van der Waals surface area contributed by atoms with E-state index >= 15 is 0 Å². The van der Waals surface area contributed by atoms with Gasteiger partial charge < -0.3 is 25.1 Å². The monoisotopic (exact) mass is 328 g/mol. The van der Waals surface area contributed by atoms with E-state index in [1.165, 1.54) is 6.42 Å². The molecule has 2 radical (unpaired) electrons. The number of aliphatic hydroxyl groups is 2. The summed E-state index contributed by atoms with van der Waals surface area (Å²) in [5.41, 5.74) is -0.170. The van der Waals surface area contributed by atoms with Crippen LogP contribution in [0.3, 0.4) is 0 Å². The molecule has 13 heavy (non-hydrogen) atoms. The number of hydrogen-bond donors (Lipinski definition) is 2. The third kappa shape index (κ3) is 13.5. The molecule has 2 atom stereocenters. The molecule has 0 aromatic rings. The molecule has 0 aromatic heterocycles. The molecule has 0 saturated heterocycles. The first-order valence-electron chi connectivity index (χ1n) is 3.55. The maximum absolute atomic E-state index is 9.34. The summed E-state index contributed by atoms with van der Waals surface area (Å²) in [5, 5.41) is 18.2. The Labute approximate surface area is 125 Å². The second-order valence-electron chi connectivity index (χ2n) is 3.74. The van der Waals surface area contributed by atoms with Crippen LogP contribution in [0.25, 0.3) is 0 Å². The summed E-state index contributed by atoms with van der Waals surface area (Å²) in [5.74, 6) is 0. The average molecular weight is 327 g/mol. The minimum absolute atomic E-state index is 0. The van der Waals surface area contributed by atoms with Gasteiger partial charge in [0.2, 0.25) is 0 Å². The molecular weight excluding hydrogens is 304 g/mol. The van der Waals surface area contributed by atoms with Gasteiger partial charge in [-0.05, 0) is 12.3 Å². The van der Waals surface area contributed by atoms with E-state index in [1.54, 1.807) is 6.92 Å². The first kappa shape index (κ1) is 24.0. The number of hydrogen-bond acceptors (Lipinski definition) is 2. The smallest absolute Gasteiger partial charge is 0.393 e. The molecule has 0 aromatic carbocycles. The summed E-state index contributed by atoms with van der Waals surface area (Å²) >= 11 is 0. The van der Waals surface area contributed by atoms with Crippen LogP contribution in [0.1, 0.15) is 27.7 Å². The fourth-order valence-corrected chi connectivity index (χ4v) is 0.552. The number of aliphatic hydroxyl groups excluding tert-OH is 2. The summed E-state index contributed by atoms with van der Waals surface area (Å²) in [6, 6.07) is 0. The van der Waals surface area contributed by atoms with Crippen molar-refractivity contribution in [2.24, 2.45) is 5.41 Å². The van der Waals surface area contributed by atoms with Crippen molar-refractivity contribution in [2.75, 3.05) is 0 Å². The zero-order chi connectivity index (χ0) is 8.36. The van der Waals surface area contributed by atoms with Crippen LogP contribution < -0.4 is 0 Å². The van der Waals surface area contributed by atoms with E-state index in [0.29, 0.717) is 0 Å². The zero-order valence-corrected chi connectivity index (χ0v) is 11.9. The Bertz CT molecular complexity index is 97.6. The Morgan fingerprint density at radius 2 is 1.38 bits per heavy atom. The normalized spacial score (nSPS) is 14.3. The molecule has 0 bridgehead atoms. The number of rotatable bonds is 2. The van der Waals surface area contributed by atoms with Gasteiger partial charge in [-0.1, -0.05) is 20.8 Å². The SMILES string of the molecule is CC(O)[CH]C(O)C(C)(C)C.[CH3-].[CH3-].[Eu+2]. The molecule has 0 aliphatic rings. The average Bonchev–Trinajstić information content (AvgIpc) is 1.60. The molecule has 2 nitrogen and oxygen atoms in total. The second kappa shape index (κ2) is 10.0. The van der Waals surface area contributed by atoms with Crippen molar-refractivity contribution in [1.82, 2.24) is 0 Å². The molecule has 0 fully saturated rings. The maximum Gasteiger partial charge on any atom is 2.00 e. The first-order valence-corrected chi connectivity index (χ1v) is 3.55. The first-order chi connectivity index (χ1) is 4.34. The fraction of sp³-hybridized carbons (Fsp3) is 0.700. The van der Waals surface area contributed by atoms with Gasteiger partial charge in [0, 0.05) is 6.42 Å². The second-order valence-corrected chi connectivity index (χ2v) is 3.74. The van der Waals surface area contributed by atoms with Crippen LogP contribution in [0, 0.1) is 76.1 Å². The van der Waals surface area contributed by atoms with E-state index in [-0.39, 0.29) is 69.6 Å². The Kier molecular flexibility index (Phi) is 18.5. The van der Waals surface area contributed by atoms with Crippen molar-refractivity contribution in [3.8, 4) is 0 Å².